The molecule has 0 bridgehead atoms. The molecule has 0 atom stereocenters. The van der Waals surface area contributed by atoms with Gasteiger partial charge in [0, 0.05) is 11.6 Å². The van der Waals surface area contributed by atoms with Crippen molar-refractivity contribution >= 4 is 5.69 Å². The molecule has 0 amide bonds. The van der Waals surface area contributed by atoms with E-state index in [1.54, 1.807) is 13.2 Å². The lowest BCUT2D eigenvalue weighted by molar-refractivity contribution is 0.636. The van der Waals surface area contributed by atoms with E-state index in [4.69, 9.17) is 0 Å². The van der Waals surface area contributed by atoms with Gasteiger partial charge in [-0.05, 0) is 58.7 Å². The molecule has 0 unspecified atom stereocenters. The van der Waals surface area contributed by atoms with E-state index in [0.29, 0.717) is 5.92 Å². The van der Waals surface area contributed by atoms with Crippen LogP contribution in [0.4, 0.5) is 5.69 Å². The second-order valence-corrected chi connectivity index (χ2v) is 7.46. The number of anilines is 1. The van der Waals surface area contributed by atoms with Gasteiger partial charge in [-0.25, -0.2) is 5.01 Å². The molecule has 2 aromatic carbocycles. The van der Waals surface area contributed by atoms with E-state index < -0.39 is 0 Å². The molecule has 1 aliphatic carbocycles. The van der Waals surface area contributed by atoms with Crippen LogP contribution in [0, 0.1) is 0 Å². The van der Waals surface area contributed by atoms with E-state index in [1.165, 1.54) is 27.8 Å². The Morgan fingerprint density at radius 2 is 1.77 bits per heavy atom. The standard InChI is InChI=1S/C23H29N3/c1-7-16(8-2)18-14-19-17-12-10-11-13-20(17)23(4,5)21(19)15-22(18)26(9-3)25-24-6/h9-16H,3,7-8H2,1-2,4-6H3. The minimum atomic E-state index is -0.0245. The molecule has 0 fully saturated rings. The minimum absolute atomic E-state index is 0.0245. The summed E-state index contributed by atoms with van der Waals surface area (Å²) in [6.07, 6.45) is 3.94. The number of rotatable bonds is 6. The van der Waals surface area contributed by atoms with Crippen LogP contribution in [-0.4, -0.2) is 7.05 Å². The molecule has 136 valence electrons. The van der Waals surface area contributed by atoms with Crippen molar-refractivity contribution in [1.82, 2.24) is 0 Å². The molecule has 0 aliphatic heterocycles. The van der Waals surface area contributed by atoms with Crippen LogP contribution in [-0.2, 0) is 5.41 Å². The number of fused-ring (bicyclic) bond motifs is 3. The fourth-order valence-corrected chi connectivity index (χ4v) is 4.29. The third-order valence-electron chi connectivity index (χ3n) is 5.76. The van der Waals surface area contributed by atoms with Gasteiger partial charge in [0.15, 0.2) is 0 Å². The van der Waals surface area contributed by atoms with Crippen LogP contribution < -0.4 is 5.01 Å². The average Bonchev–Trinajstić information content (AvgIpc) is 2.88. The Hall–Kier alpha value is -2.42. The van der Waals surface area contributed by atoms with E-state index in [0.717, 1.165) is 18.5 Å². The van der Waals surface area contributed by atoms with Crippen LogP contribution in [0.15, 0.2) is 59.5 Å². The Kier molecular flexibility index (Phi) is 4.99. The average molecular weight is 348 g/mol. The predicted molar refractivity (Wildman–Crippen MR) is 111 cm³/mol. The molecular formula is C23H29N3. The van der Waals surface area contributed by atoms with E-state index in [2.05, 4.69) is 81.0 Å². The number of hydrogen-bond acceptors (Lipinski definition) is 2. The van der Waals surface area contributed by atoms with Crippen molar-refractivity contribution < 1.29 is 0 Å². The van der Waals surface area contributed by atoms with E-state index in [9.17, 15) is 0 Å². The highest BCUT2D eigenvalue weighted by Crippen LogP contribution is 2.51. The van der Waals surface area contributed by atoms with Crippen LogP contribution in [0.25, 0.3) is 11.1 Å². The van der Waals surface area contributed by atoms with Crippen LogP contribution in [0.5, 0.6) is 0 Å². The third-order valence-corrected chi connectivity index (χ3v) is 5.76. The summed E-state index contributed by atoms with van der Waals surface area (Å²) in [6.45, 7) is 13.1. The first kappa shape index (κ1) is 18.4. The highest BCUT2D eigenvalue weighted by Gasteiger charge is 2.36. The molecule has 0 saturated carbocycles. The maximum atomic E-state index is 4.29. The van der Waals surface area contributed by atoms with Crippen LogP contribution in [0.2, 0.25) is 0 Å². The van der Waals surface area contributed by atoms with Crippen LogP contribution in [0.1, 0.15) is 63.1 Å². The fourth-order valence-electron chi connectivity index (χ4n) is 4.29. The lowest BCUT2D eigenvalue weighted by atomic mass is 9.81. The summed E-state index contributed by atoms with van der Waals surface area (Å²) in [6, 6.07) is 13.5. The lowest BCUT2D eigenvalue weighted by Crippen LogP contribution is -2.17. The molecule has 3 nitrogen and oxygen atoms in total. The Bertz CT molecular complexity index is 845. The zero-order valence-corrected chi connectivity index (χ0v) is 16.6. The van der Waals surface area contributed by atoms with E-state index in [1.807, 2.05) is 5.01 Å². The number of hydrogen-bond donors (Lipinski definition) is 0. The topological polar surface area (TPSA) is 28.0 Å². The molecule has 0 saturated heterocycles. The number of benzene rings is 2. The van der Waals surface area contributed by atoms with Gasteiger partial charge in [-0.1, -0.05) is 63.8 Å². The molecular weight excluding hydrogens is 318 g/mol. The van der Waals surface area contributed by atoms with Gasteiger partial charge in [-0.2, -0.15) is 5.11 Å². The maximum absolute atomic E-state index is 4.29. The van der Waals surface area contributed by atoms with Gasteiger partial charge < -0.3 is 0 Å². The SMILES string of the molecule is C=CN(N=NC)c1cc2c(cc1C(CC)CC)-c1ccccc1C2(C)C. The van der Waals surface area contributed by atoms with Crippen molar-refractivity contribution in [2.45, 2.75) is 51.9 Å². The first-order valence-corrected chi connectivity index (χ1v) is 9.49. The molecule has 3 heteroatoms. The molecule has 0 heterocycles. The zero-order chi connectivity index (χ0) is 18.9. The highest BCUT2D eigenvalue weighted by atomic mass is 15.5. The monoisotopic (exact) mass is 347 g/mol. The molecule has 26 heavy (non-hydrogen) atoms. The summed E-state index contributed by atoms with van der Waals surface area (Å²) in [5, 5.41) is 10.1. The molecule has 3 rings (SSSR count). The van der Waals surface area contributed by atoms with Crippen LogP contribution in [0.3, 0.4) is 0 Å². The highest BCUT2D eigenvalue weighted by molar-refractivity contribution is 5.84. The first-order chi connectivity index (χ1) is 12.5. The van der Waals surface area contributed by atoms with Gasteiger partial charge in [-0.3, -0.25) is 0 Å². The Labute approximate surface area is 157 Å². The summed E-state index contributed by atoms with van der Waals surface area (Å²) >= 11 is 0. The molecule has 0 aromatic heterocycles. The van der Waals surface area contributed by atoms with Crippen LogP contribution >= 0.6 is 0 Å². The normalized spacial score (nSPS) is 14.5. The summed E-state index contributed by atoms with van der Waals surface area (Å²) in [4.78, 5) is 0. The van der Waals surface area contributed by atoms with Gasteiger partial charge in [-0.15, -0.1) is 0 Å². The summed E-state index contributed by atoms with van der Waals surface area (Å²) in [7, 11) is 1.69. The van der Waals surface area contributed by atoms with Gasteiger partial charge in [0.2, 0.25) is 0 Å². The second kappa shape index (κ2) is 7.06. The van der Waals surface area contributed by atoms with Crippen molar-refractivity contribution in [3.63, 3.8) is 0 Å². The Balaban J connectivity index is 2.31. The number of nitrogens with zero attached hydrogens (tertiary/aromatic N) is 3. The first-order valence-electron chi connectivity index (χ1n) is 9.49. The van der Waals surface area contributed by atoms with E-state index >= 15 is 0 Å². The van der Waals surface area contributed by atoms with E-state index in [-0.39, 0.29) is 5.41 Å². The smallest absolute Gasteiger partial charge is 0.0700 e. The predicted octanol–water partition coefficient (Wildman–Crippen LogP) is 6.84. The molecule has 0 spiro atoms. The largest absolute Gasteiger partial charge is 0.223 e. The van der Waals surface area contributed by atoms with Crippen molar-refractivity contribution in [3.05, 3.63) is 65.9 Å². The summed E-state index contributed by atoms with van der Waals surface area (Å²) < 4.78 is 0. The van der Waals surface area contributed by atoms with Crippen molar-refractivity contribution in [1.29, 1.82) is 0 Å². The Morgan fingerprint density at radius 1 is 1.08 bits per heavy atom. The van der Waals surface area contributed by atoms with Crippen molar-refractivity contribution in [3.8, 4) is 11.1 Å². The Morgan fingerprint density at radius 3 is 2.38 bits per heavy atom. The zero-order valence-electron chi connectivity index (χ0n) is 16.6. The molecule has 2 aromatic rings. The summed E-state index contributed by atoms with van der Waals surface area (Å²) in [5.41, 5.74) is 7.85. The van der Waals surface area contributed by atoms with Gasteiger partial charge in [0.05, 0.1) is 12.7 Å². The van der Waals surface area contributed by atoms with Gasteiger partial charge >= 0.3 is 0 Å². The van der Waals surface area contributed by atoms with Crippen molar-refractivity contribution in [2.75, 3.05) is 12.1 Å². The van der Waals surface area contributed by atoms with Crippen molar-refractivity contribution in [2.24, 2.45) is 10.3 Å². The van der Waals surface area contributed by atoms with Gasteiger partial charge in [0.25, 0.3) is 0 Å². The molecule has 0 N–H and O–H groups in total. The molecule has 0 radical (unpaired) electrons. The quantitative estimate of drug-likeness (QED) is 0.415. The summed E-state index contributed by atoms with van der Waals surface area (Å²) in [5.74, 6) is 0.487. The second-order valence-electron chi connectivity index (χ2n) is 7.46. The minimum Gasteiger partial charge on any atom is -0.223 e. The maximum Gasteiger partial charge on any atom is 0.0700 e. The third kappa shape index (κ3) is 2.76. The molecule has 1 aliphatic rings. The fraction of sp³-hybridized carbons (Fsp3) is 0.391. The lowest BCUT2D eigenvalue weighted by Gasteiger charge is -2.26. The van der Waals surface area contributed by atoms with Gasteiger partial charge in [0.1, 0.15) is 0 Å².